The van der Waals surface area contributed by atoms with Crippen LogP contribution in [0, 0.1) is 5.82 Å². The Kier molecular flexibility index (Phi) is 2.45. The fourth-order valence-corrected chi connectivity index (χ4v) is 2.53. The second-order valence-electron chi connectivity index (χ2n) is 2.79. The van der Waals surface area contributed by atoms with E-state index < -0.39 is 12.2 Å². The molecule has 0 N–H and O–H groups in total. The van der Waals surface area contributed by atoms with Crippen LogP contribution >= 0.6 is 24.0 Å². The lowest BCUT2D eigenvalue weighted by atomic mass is 10.2. The van der Waals surface area contributed by atoms with Crippen molar-refractivity contribution in [3.8, 4) is 0 Å². The SMILES string of the molecule is Fc1cc(S)c2sc(C(F)F)cc2c1. The van der Waals surface area contributed by atoms with Crippen LogP contribution in [0.4, 0.5) is 13.2 Å². The maximum Gasteiger partial charge on any atom is 0.272 e. The van der Waals surface area contributed by atoms with Gasteiger partial charge in [0.25, 0.3) is 6.43 Å². The number of thiol groups is 1. The predicted octanol–water partition coefficient (Wildman–Crippen LogP) is 4.27. The molecular weight excluding hydrogens is 229 g/mol. The highest BCUT2D eigenvalue weighted by atomic mass is 32.1. The summed E-state index contributed by atoms with van der Waals surface area (Å²) in [6.45, 7) is 0. The predicted molar refractivity (Wildman–Crippen MR) is 54.0 cm³/mol. The lowest BCUT2D eigenvalue weighted by molar-refractivity contribution is 0.156. The Morgan fingerprint density at radius 1 is 1.21 bits per heavy atom. The molecule has 0 atom stereocenters. The molecule has 0 unspecified atom stereocenters. The van der Waals surface area contributed by atoms with Crippen molar-refractivity contribution in [2.75, 3.05) is 0 Å². The van der Waals surface area contributed by atoms with Crippen LogP contribution in [0.2, 0.25) is 0 Å². The number of benzene rings is 1. The molecule has 0 fully saturated rings. The van der Waals surface area contributed by atoms with E-state index in [0.717, 1.165) is 11.3 Å². The zero-order chi connectivity index (χ0) is 10.3. The Balaban J connectivity index is 2.70. The zero-order valence-electron chi connectivity index (χ0n) is 6.80. The molecule has 1 aromatic carbocycles. The number of rotatable bonds is 1. The van der Waals surface area contributed by atoms with Gasteiger partial charge in [0.1, 0.15) is 5.82 Å². The lowest BCUT2D eigenvalue weighted by Crippen LogP contribution is -1.73. The minimum atomic E-state index is -2.51. The summed E-state index contributed by atoms with van der Waals surface area (Å²) in [6, 6.07) is 3.75. The molecule has 0 saturated heterocycles. The molecule has 0 spiro atoms. The van der Waals surface area contributed by atoms with Gasteiger partial charge in [0.2, 0.25) is 0 Å². The van der Waals surface area contributed by atoms with Crippen LogP contribution in [0.1, 0.15) is 11.3 Å². The normalized spacial score (nSPS) is 11.5. The third-order valence-corrected chi connectivity index (χ3v) is 3.49. The quantitative estimate of drug-likeness (QED) is 0.700. The van der Waals surface area contributed by atoms with Gasteiger partial charge in [-0.2, -0.15) is 0 Å². The van der Waals surface area contributed by atoms with Gasteiger partial charge in [0, 0.05) is 9.60 Å². The fraction of sp³-hybridized carbons (Fsp3) is 0.111. The topological polar surface area (TPSA) is 0 Å². The van der Waals surface area contributed by atoms with Crippen LogP contribution in [-0.4, -0.2) is 0 Å². The second-order valence-corrected chi connectivity index (χ2v) is 4.36. The third kappa shape index (κ3) is 1.62. The van der Waals surface area contributed by atoms with E-state index in [2.05, 4.69) is 12.6 Å². The number of thiophene rings is 1. The Labute approximate surface area is 87.8 Å². The maximum atomic E-state index is 12.9. The van der Waals surface area contributed by atoms with Crippen molar-refractivity contribution in [3.63, 3.8) is 0 Å². The van der Waals surface area contributed by atoms with Gasteiger partial charge in [-0.05, 0) is 23.6 Å². The van der Waals surface area contributed by atoms with Crippen molar-refractivity contribution >= 4 is 34.1 Å². The van der Waals surface area contributed by atoms with Crippen molar-refractivity contribution in [2.24, 2.45) is 0 Å². The monoisotopic (exact) mass is 234 g/mol. The molecule has 2 aromatic rings. The zero-order valence-corrected chi connectivity index (χ0v) is 8.51. The molecule has 2 rings (SSSR count). The first-order valence-corrected chi connectivity index (χ1v) is 5.04. The molecule has 0 saturated carbocycles. The van der Waals surface area contributed by atoms with Gasteiger partial charge in [-0.15, -0.1) is 24.0 Å². The minimum Gasteiger partial charge on any atom is -0.207 e. The largest absolute Gasteiger partial charge is 0.272 e. The molecule has 0 bridgehead atoms. The summed E-state index contributed by atoms with van der Waals surface area (Å²) in [5.74, 6) is -0.457. The average molecular weight is 234 g/mol. The second kappa shape index (κ2) is 3.47. The molecule has 1 aromatic heterocycles. The summed E-state index contributed by atoms with van der Waals surface area (Å²) in [7, 11) is 0. The van der Waals surface area contributed by atoms with Gasteiger partial charge in [-0.1, -0.05) is 0 Å². The van der Waals surface area contributed by atoms with Gasteiger partial charge in [0.15, 0.2) is 0 Å². The van der Waals surface area contributed by atoms with Crippen LogP contribution in [0.5, 0.6) is 0 Å². The van der Waals surface area contributed by atoms with Gasteiger partial charge in [0.05, 0.1) is 4.88 Å². The van der Waals surface area contributed by atoms with Crippen LogP contribution in [-0.2, 0) is 0 Å². The number of hydrogen-bond acceptors (Lipinski definition) is 2. The van der Waals surface area contributed by atoms with Crippen molar-refractivity contribution in [2.45, 2.75) is 11.3 Å². The third-order valence-electron chi connectivity index (χ3n) is 1.80. The highest BCUT2D eigenvalue weighted by Crippen LogP contribution is 2.36. The maximum absolute atomic E-state index is 12.9. The summed E-state index contributed by atoms with van der Waals surface area (Å²) in [6.07, 6.45) is -2.51. The van der Waals surface area contributed by atoms with Crippen molar-refractivity contribution < 1.29 is 13.2 Å². The molecule has 0 aliphatic rings. The molecule has 1 heterocycles. The molecule has 0 aliphatic heterocycles. The molecule has 5 heteroatoms. The van der Waals surface area contributed by atoms with Crippen LogP contribution in [0.3, 0.4) is 0 Å². The molecule has 74 valence electrons. The van der Waals surface area contributed by atoms with Crippen LogP contribution < -0.4 is 0 Å². The summed E-state index contributed by atoms with van der Waals surface area (Å²) >= 11 is 4.97. The Morgan fingerprint density at radius 2 is 1.93 bits per heavy atom. The van der Waals surface area contributed by atoms with E-state index in [-0.39, 0.29) is 4.88 Å². The highest BCUT2D eigenvalue weighted by Gasteiger charge is 2.13. The molecular formula is C9H5F3S2. The van der Waals surface area contributed by atoms with Crippen molar-refractivity contribution in [3.05, 3.63) is 28.9 Å². The number of alkyl halides is 2. The van der Waals surface area contributed by atoms with E-state index in [1.807, 2.05) is 0 Å². The smallest absolute Gasteiger partial charge is 0.207 e. The van der Waals surface area contributed by atoms with Crippen LogP contribution in [0.25, 0.3) is 10.1 Å². The summed E-state index contributed by atoms with van der Waals surface area (Å²) in [4.78, 5) is 0.345. The Hall–Kier alpha value is -0.680. The molecule has 0 amide bonds. The minimum absolute atomic E-state index is 0.0547. The summed E-state index contributed by atoms with van der Waals surface area (Å²) < 4.78 is 38.1. The fourth-order valence-electron chi connectivity index (χ4n) is 1.23. The Bertz CT molecular complexity index is 476. The summed E-state index contributed by atoms with van der Waals surface area (Å²) in [5.41, 5.74) is 0. The van der Waals surface area contributed by atoms with E-state index in [1.165, 1.54) is 18.2 Å². The van der Waals surface area contributed by atoms with E-state index in [1.54, 1.807) is 0 Å². The average Bonchev–Trinajstić information content (AvgIpc) is 2.47. The van der Waals surface area contributed by atoms with Crippen molar-refractivity contribution in [1.29, 1.82) is 0 Å². The molecule has 0 aliphatic carbocycles. The molecule has 14 heavy (non-hydrogen) atoms. The van der Waals surface area contributed by atoms with E-state index >= 15 is 0 Å². The summed E-state index contributed by atoms with van der Waals surface area (Å²) in [5, 5.41) is 0.482. The number of fused-ring (bicyclic) bond motifs is 1. The van der Waals surface area contributed by atoms with Gasteiger partial charge in [-0.25, -0.2) is 13.2 Å². The van der Waals surface area contributed by atoms with Gasteiger partial charge in [-0.3, -0.25) is 0 Å². The van der Waals surface area contributed by atoms with E-state index in [0.29, 0.717) is 15.0 Å². The number of halogens is 3. The van der Waals surface area contributed by atoms with E-state index in [9.17, 15) is 13.2 Å². The first kappa shape index (κ1) is 9.86. The Morgan fingerprint density at radius 3 is 2.57 bits per heavy atom. The first-order chi connectivity index (χ1) is 6.58. The number of hydrogen-bond donors (Lipinski definition) is 1. The lowest BCUT2D eigenvalue weighted by Gasteiger charge is -1.93. The van der Waals surface area contributed by atoms with Gasteiger partial charge >= 0.3 is 0 Å². The van der Waals surface area contributed by atoms with Crippen LogP contribution in [0.15, 0.2) is 23.1 Å². The van der Waals surface area contributed by atoms with E-state index in [4.69, 9.17) is 0 Å². The first-order valence-electron chi connectivity index (χ1n) is 3.78. The molecule has 0 radical (unpaired) electrons. The molecule has 0 nitrogen and oxygen atoms in total. The van der Waals surface area contributed by atoms with Gasteiger partial charge < -0.3 is 0 Å². The van der Waals surface area contributed by atoms with Crippen molar-refractivity contribution in [1.82, 2.24) is 0 Å². The highest BCUT2D eigenvalue weighted by molar-refractivity contribution is 7.80. The standard InChI is InChI=1S/C9H5F3S2/c10-5-1-4-2-7(9(11)12)14-8(4)6(13)3-5/h1-3,9,13H.